The number of pyridine rings is 1. The van der Waals surface area contributed by atoms with Gasteiger partial charge in [0.2, 0.25) is 27.7 Å². The highest BCUT2D eigenvalue weighted by atomic mass is 32.2. The van der Waals surface area contributed by atoms with E-state index in [4.69, 9.17) is 18.9 Å². The summed E-state index contributed by atoms with van der Waals surface area (Å²) in [7, 11) is -0.921. The summed E-state index contributed by atoms with van der Waals surface area (Å²) in [6, 6.07) is 3.15. The minimum Gasteiger partial charge on any atom is -0.497 e. The van der Waals surface area contributed by atoms with Gasteiger partial charge in [-0.1, -0.05) is 32.4 Å². The molecule has 3 N–H and O–H groups in total. The maximum Gasteiger partial charge on any atom is 0.408 e. The zero-order valence-corrected chi connectivity index (χ0v) is 35.0. The van der Waals surface area contributed by atoms with E-state index in [0.717, 1.165) is 6.42 Å². The largest absolute Gasteiger partial charge is 0.497 e. The third-order valence-corrected chi connectivity index (χ3v) is 14.0. The Morgan fingerprint density at radius 2 is 1.82 bits per heavy atom. The normalized spacial score (nSPS) is 28.8. The molecule has 4 aliphatic rings. The summed E-state index contributed by atoms with van der Waals surface area (Å²) < 4.78 is 50.8. The van der Waals surface area contributed by atoms with Crippen LogP contribution in [0.2, 0.25) is 0 Å². The fourth-order valence-corrected chi connectivity index (χ4v) is 9.27. The SMILES string of the molecule is CC[C@@H]1C[C@H](C)CCC=C[C@@H]2C[C@@]2(C(=O)NS(=O)(=O)C2(C)CC2)NC(=O)[C@@H]2C[C@@H](Oc3ncc(OC)c4cc(OC)ccc34)CN2C(=O)[C@H]1NC(=O)OC(C)(C)C. The van der Waals surface area contributed by atoms with Crippen molar-refractivity contribution in [3.8, 4) is 17.4 Å². The number of methoxy groups -OCH3 is 2. The van der Waals surface area contributed by atoms with E-state index < -0.39 is 73.8 Å². The Kier molecular flexibility index (Phi) is 11.8. The van der Waals surface area contributed by atoms with Crippen LogP contribution in [0.1, 0.15) is 92.9 Å². The standard InChI is InChI=1S/C41H57N5O10S/c1-9-25-18-24(2)12-10-11-13-26-21-41(26,37(49)45-57(51,52)40(6)16-17-40)44-34(47)31-20-28(23-46(31)36(48)33(25)43-38(50)56-39(3,4)5)55-35-29-15-14-27(53-7)19-30(29)32(54-8)22-42-35/h11,13-15,19,22,24-26,28,31,33H,9-10,12,16-18,20-21,23H2,1-8H3,(H,43,50)(H,44,47)(H,45,49)/t24-,25-,26-,28-,31+,33+,41-/m1/s1. The second-order valence-corrected chi connectivity index (χ2v) is 19.5. The van der Waals surface area contributed by atoms with Gasteiger partial charge < -0.3 is 34.5 Å². The lowest BCUT2D eigenvalue weighted by molar-refractivity contribution is -0.142. The van der Waals surface area contributed by atoms with Crippen LogP contribution in [0, 0.1) is 17.8 Å². The van der Waals surface area contributed by atoms with Crippen molar-refractivity contribution in [1.29, 1.82) is 0 Å². The molecule has 0 unspecified atom stereocenters. The number of rotatable bonds is 9. The van der Waals surface area contributed by atoms with Gasteiger partial charge in [0.1, 0.15) is 40.8 Å². The molecule has 4 amide bonds. The van der Waals surface area contributed by atoms with Gasteiger partial charge in [0.15, 0.2) is 0 Å². The molecule has 6 rings (SSSR count). The first-order valence-electron chi connectivity index (χ1n) is 19.9. The van der Waals surface area contributed by atoms with E-state index in [1.54, 1.807) is 53.0 Å². The average Bonchev–Trinajstić information content (AvgIpc) is 4.03. The molecule has 15 nitrogen and oxygen atoms in total. The number of alkyl carbamates (subject to hydrolysis) is 1. The fourth-order valence-electron chi connectivity index (χ4n) is 7.96. The van der Waals surface area contributed by atoms with E-state index in [1.807, 2.05) is 19.1 Å². The summed E-state index contributed by atoms with van der Waals surface area (Å²) in [5.74, 6) is -1.21. The summed E-state index contributed by atoms with van der Waals surface area (Å²) in [5, 5.41) is 7.07. The number of sulfonamides is 1. The number of hydrogen-bond acceptors (Lipinski definition) is 11. The minimum atomic E-state index is -4.01. The van der Waals surface area contributed by atoms with Crippen molar-refractivity contribution in [2.24, 2.45) is 17.8 Å². The van der Waals surface area contributed by atoms with Gasteiger partial charge in [-0.05, 0) is 96.3 Å². The van der Waals surface area contributed by atoms with Crippen molar-refractivity contribution in [2.45, 2.75) is 127 Å². The number of carbonyl (C=O) groups is 4. The van der Waals surface area contributed by atoms with Gasteiger partial charge in [0.05, 0.1) is 31.7 Å². The lowest BCUT2D eigenvalue weighted by atomic mass is 9.85. The predicted octanol–water partition coefficient (Wildman–Crippen LogP) is 4.77. The molecule has 2 aliphatic heterocycles. The first-order chi connectivity index (χ1) is 26.8. The van der Waals surface area contributed by atoms with Crippen molar-refractivity contribution >= 4 is 44.6 Å². The highest BCUT2D eigenvalue weighted by Crippen LogP contribution is 2.48. The van der Waals surface area contributed by atoms with Crippen molar-refractivity contribution in [3.63, 3.8) is 0 Å². The van der Waals surface area contributed by atoms with Crippen molar-refractivity contribution in [3.05, 3.63) is 36.5 Å². The summed E-state index contributed by atoms with van der Waals surface area (Å²) in [5.41, 5.74) is -2.38. The lowest BCUT2D eigenvalue weighted by Gasteiger charge is -2.34. The third kappa shape index (κ3) is 8.95. The van der Waals surface area contributed by atoms with Gasteiger partial charge in [-0.3, -0.25) is 19.1 Å². The highest BCUT2D eigenvalue weighted by molar-refractivity contribution is 7.91. The number of nitrogens with zero attached hydrogens (tertiary/aromatic N) is 2. The Hall–Kier alpha value is -4.60. The van der Waals surface area contributed by atoms with E-state index in [1.165, 1.54) is 18.2 Å². The number of amides is 4. The topological polar surface area (TPSA) is 192 Å². The first kappa shape index (κ1) is 42.0. The van der Waals surface area contributed by atoms with Crippen LogP contribution >= 0.6 is 0 Å². The highest BCUT2D eigenvalue weighted by Gasteiger charge is 2.63. The van der Waals surface area contributed by atoms with Gasteiger partial charge in [-0.2, -0.15) is 0 Å². The van der Waals surface area contributed by atoms with Crippen LogP contribution in [0.25, 0.3) is 10.8 Å². The van der Waals surface area contributed by atoms with E-state index in [-0.39, 0.29) is 37.1 Å². The van der Waals surface area contributed by atoms with Gasteiger partial charge in [0, 0.05) is 23.1 Å². The zero-order chi connectivity index (χ0) is 41.5. The molecule has 7 atom stereocenters. The molecule has 2 aliphatic carbocycles. The fraction of sp³-hybridized carbons (Fsp3) is 0.634. The molecule has 16 heteroatoms. The van der Waals surface area contributed by atoms with Crippen molar-refractivity contribution in [1.82, 2.24) is 25.2 Å². The Morgan fingerprint density at radius 3 is 2.47 bits per heavy atom. The van der Waals surface area contributed by atoms with Crippen LogP contribution in [0.15, 0.2) is 36.5 Å². The number of benzene rings is 1. The lowest BCUT2D eigenvalue weighted by Crippen LogP contribution is -2.59. The van der Waals surface area contributed by atoms with Gasteiger partial charge in [-0.15, -0.1) is 0 Å². The number of ether oxygens (including phenoxy) is 4. The first-order valence-corrected chi connectivity index (χ1v) is 21.3. The molecule has 1 saturated heterocycles. The van der Waals surface area contributed by atoms with Crippen LogP contribution in [0.3, 0.4) is 0 Å². The molecule has 3 fully saturated rings. The molecule has 2 aromatic rings. The Morgan fingerprint density at radius 1 is 1.09 bits per heavy atom. The smallest absolute Gasteiger partial charge is 0.408 e. The summed E-state index contributed by atoms with van der Waals surface area (Å²) >= 11 is 0. The maximum absolute atomic E-state index is 15.0. The number of aromatic nitrogens is 1. The van der Waals surface area contributed by atoms with E-state index in [2.05, 4.69) is 27.3 Å². The number of fused-ring (bicyclic) bond motifs is 3. The van der Waals surface area contributed by atoms with Crippen molar-refractivity contribution < 1.29 is 46.5 Å². The second-order valence-electron chi connectivity index (χ2n) is 17.3. The molecule has 0 radical (unpaired) electrons. The Balaban J connectivity index is 1.37. The number of allylic oxidation sites excluding steroid dienone is 1. The number of hydrogen-bond donors (Lipinski definition) is 3. The van der Waals surface area contributed by atoms with E-state index in [0.29, 0.717) is 54.4 Å². The average molecular weight is 812 g/mol. The van der Waals surface area contributed by atoms with Crippen LogP contribution in [-0.4, -0.2) is 97.0 Å². The molecule has 1 aromatic carbocycles. The molecule has 312 valence electrons. The van der Waals surface area contributed by atoms with Gasteiger partial charge >= 0.3 is 6.09 Å². The minimum absolute atomic E-state index is 0.0177. The van der Waals surface area contributed by atoms with E-state index in [9.17, 15) is 27.6 Å². The van der Waals surface area contributed by atoms with Crippen LogP contribution in [0.4, 0.5) is 4.79 Å². The number of nitrogens with one attached hydrogen (secondary N) is 3. The molecular weight excluding hydrogens is 755 g/mol. The summed E-state index contributed by atoms with van der Waals surface area (Å²) in [4.78, 5) is 62.8. The third-order valence-electron chi connectivity index (χ3n) is 11.8. The van der Waals surface area contributed by atoms with Gasteiger partial charge in [-0.25, -0.2) is 18.2 Å². The van der Waals surface area contributed by atoms with Crippen molar-refractivity contribution in [2.75, 3.05) is 20.8 Å². The Labute approximate surface area is 335 Å². The van der Waals surface area contributed by atoms with Crippen LogP contribution in [0.5, 0.6) is 17.4 Å². The quantitative estimate of drug-likeness (QED) is 0.296. The molecule has 0 bridgehead atoms. The summed E-state index contributed by atoms with van der Waals surface area (Å²) in [6.45, 7) is 10.8. The monoisotopic (exact) mass is 811 g/mol. The zero-order valence-electron chi connectivity index (χ0n) is 34.2. The molecular formula is C41H57N5O10S. The maximum atomic E-state index is 15.0. The van der Waals surface area contributed by atoms with E-state index >= 15 is 0 Å². The molecule has 0 spiro atoms. The molecule has 1 aromatic heterocycles. The second kappa shape index (κ2) is 16.0. The van der Waals surface area contributed by atoms with Crippen LogP contribution in [-0.2, 0) is 29.1 Å². The van der Waals surface area contributed by atoms with Crippen LogP contribution < -0.4 is 29.6 Å². The number of carbonyl (C=O) groups excluding carboxylic acids is 4. The molecule has 2 saturated carbocycles. The summed E-state index contributed by atoms with van der Waals surface area (Å²) in [6.07, 6.45) is 7.54. The molecule has 57 heavy (non-hydrogen) atoms. The van der Waals surface area contributed by atoms with Gasteiger partial charge in [0.25, 0.3) is 5.91 Å². The predicted molar refractivity (Wildman–Crippen MR) is 212 cm³/mol. The Bertz CT molecular complexity index is 2030. The molecule has 3 heterocycles.